The van der Waals surface area contributed by atoms with Crippen LogP contribution in [0.3, 0.4) is 0 Å². The first kappa shape index (κ1) is 13.4. The van der Waals surface area contributed by atoms with E-state index in [2.05, 4.69) is 5.32 Å². The van der Waals surface area contributed by atoms with Crippen molar-refractivity contribution < 1.29 is 4.79 Å². The SMILES string of the molecule is CC(C)NC(=O)C(CN)C1C2CC3CC(C2)CC1C3. The molecule has 4 fully saturated rings. The van der Waals surface area contributed by atoms with Gasteiger partial charge in [-0.2, -0.15) is 0 Å². The standard InChI is InChI=1S/C16H28N2O/c1-9(2)18-16(19)14(8-17)15-12-4-10-3-11(6-12)7-13(15)5-10/h9-15H,3-8,17H2,1-2H3,(H,18,19). The van der Waals surface area contributed by atoms with E-state index in [1.54, 1.807) is 0 Å². The van der Waals surface area contributed by atoms with Crippen LogP contribution in [0.4, 0.5) is 0 Å². The van der Waals surface area contributed by atoms with Gasteiger partial charge in [0.25, 0.3) is 0 Å². The van der Waals surface area contributed by atoms with Crippen molar-refractivity contribution in [2.24, 2.45) is 41.2 Å². The molecule has 0 heterocycles. The molecule has 19 heavy (non-hydrogen) atoms. The minimum Gasteiger partial charge on any atom is -0.354 e. The molecular weight excluding hydrogens is 236 g/mol. The summed E-state index contributed by atoms with van der Waals surface area (Å²) in [7, 11) is 0. The third kappa shape index (κ3) is 2.42. The first-order valence-corrected chi connectivity index (χ1v) is 8.09. The van der Waals surface area contributed by atoms with Crippen molar-refractivity contribution in [3.8, 4) is 0 Å². The summed E-state index contributed by atoms with van der Waals surface area (Å²) in [6, 6.07) is 0.221. The average Bonchev–Trinajstić information content (AvgIpc) is 2.31. The highest BCUT2D eigenvalue weighted by Crippen LogP contribution is 2.58. The van der Waals surface area contributed by atoms with Gasteiger partial charge in [0.1, 0.15) is 0 Å². The van der Waals surface area contributed by atoms with E-state index in [4.69, 9.17) is 5.73 Å². The van der Waals surface area contributed by atoms with Crippen LogP contribution in [0.15, 0.2) is 0 Å². The number of hydrogen-bond acceptors (Lipinski definition) is 2. The lowest BCUT2D eigenvalue weighted by molar-refractivity contribution is -0.134. The first-order valence-electron chi connectivity index (χ1n) is 8.09. The molecule has 3 N–H and O–H groups in total. The molecule has 4 bridgehead atoms. The quantitative estimate of drug-likeness (QED) is 0.817. The molecule has 0 aromatic carbocycles. The van der Waals surface area contributed by atoms with Crippen molar-refractivity contribution in [2.75, 3.05) is 6.54 Å². The largest absolute Gasteiger partial charge is 0.354 e. The normalized spacial score (nSPS) is 41.6. The summed E-state index contributed by atoms with van der Waals surface area (Å²) >= 11 is 0. The van der Waals surface area contributed by atoms with Crippen LogP contribution in [0.5, 0.6) is 0 Å². The van der Waals surface area contributed by atoms with Crippen LogP contribution in [0.1, 0.15) is 46.0 Å². The zero-order chi connectivity index (χ0) is 13.6. The minimum absolute atomic E-state index is 0.0531. The summed E-state index contributed by atoms with van der Waals surface area (Å²) in [6.07, 6.45) is 6.92. The monoisotopic (exact) mass is 264 g/mol. The Hall–Kier alpha value is -0.570. The van der Waals surface area contributed by atoms with E-state index in [0.717, 1.165) is 23.7 Å². The van der Waals surface area contributed by atoms with Crippen molar-refractivity contribution in [3.05, 3.63) is 0 Å². The van der Waals surface area contributed by atoms with Gasteiger partial charge in [-0.05, 0) is 75.5 Å². The number of nitrogens with two attached hydrogens (primary N) is 1. The van der Waals surface area contributed by atoms with Crippen LogP contribution < -0.4 is 11.1 Å². The molecule has 4 rings (SSSR count). The van der Waals surface area contributed by atoms with E-state index in [-0.39, 0.29) is 17.9 Å². The number of carbonyl (C=O) groups is 1. The Morgan fingerprint density at radius 1 is 1.11 bits per heavy atom. The predicted octanol–water partition coefficient (Wildman–Crippen LogP) is 2.16. The second-order valence-corrected chi connectivity index (χ2v) is 7.51. The Bertz CT molecular complexity index is 325. The topological polar surface area (TPSA) is 55.1 Å². The maximum Gasteiger partial charge on any atom is 0.224 e. The number of nitrogens with one attached hydrogen (secondary N) is 1. The molecule has 4 aliphatic rings. The predicted molar refractivity (Wildman–Crippen MR) is 76.4 cm³/mol. The van der Waals surface area contributed by atoms with Gasteiger partial charge in [0.15, 0.2) is 0 Å². The van der Waals surface area contributed by atoms with E-state index >= 15 is 0 Å². The number of amides is 1. The zero-order valence-electron chi connectivity index (χ0n) is 12.3. The molecule has 0 aromatic heterocycles. The fraction of sp³-hybridized carbons (Fsp3) is 0.938. The van der Waals surface area contributed by atoms with Crippen molar-refractivity contribution in [1.29, 1.82) is 0 Å². The smallest absolute Gasteiger partial charge is 0.224 e. The Morgan fingerprint density at radius 3 is 2.05 bits per heavy atom. The maximum absolute atomic E-state index is 12.4. The van der Waals surface area contributed by atoms with Gasteiger partial charge in [-0.25, -0.2) is 0 Å². The average molecular weight is 264 g/mol. The maximum atomic E-state index is 12.4. The third-order valence-electron chi connectivity index (χ3n) is 5.79. The number of rotatable bonds is 4. The summed E-state index contributed by atoms with van der Waals surface area (Å²) < 4.78 is 0. The van der Waals surface area contributed by atoms with Crippen molar-refractivity contribution in [3.63, 3.8) is 0 Å². The highest BCUT2D eigenvalue weighted by Gasteiger charge is 2.51. The Kier molecular flexibility index (Phi) is 3.59. The summed E-state index contributed by atoms with van der Waals surface area (Å²) in [5.74, 6) is 4.31. The van der Waals surface area contributed by atoms with E-state index in [1.165, 1.54) is 32.1 Å². The molecule has 3 heteroatoms. The Labute approximate surface area is 116 Å². The highest BCUT2D eigenvalue weighted by molar-refractivity contribution is 5.79. The van der Waals surface area contributed by atoms with Crippen LogP contribution in [-0.2, 0) is 4.79 Å². The third-order valence-corrected chi connectivity index (χ3v) is 5.79. The zero-order valence-corrected chi connectivity index (χ0v) is 12.3. The molecule has 0 aromatic rings. The number of hydrogen-bond donors (Lipinski definition) is 2. The summed E-state index contributed by atoms with van der Waals surface area (Å²) in [5, 5.41) is 3.08. The van der Waals surface area contributed by atoms with Gasteiger partial charge in [0.05, 0.1) is 5.92 Å². The summed E-state index contributed by atoms with van der Waals surface area (Å²) in [6.45, 7) is 4.58. The Morgan fingerprint density at radius 2 is 1.63 bits per heavy atom. The van der Waals surface area contributed by atoms with Gasteiger partial charge < -0.3 is 11.1 Å². The van der Waals surface area contributed by atoms with Crippen molar-refractivity contribution in [1.82, 2.24) is 5.32 Å². The van der Waals surface area contributed by atoms with Gasteiger partial charge in [-0.3, -0.25) is 4.79 Å². The minimum atomic E-state index is 0.0531. The molecule has 0 spiro atoms. The van der Waals surface area contributed by atoms with Crippen molar-refractivity contribution in [2.45, 2.75) is 52.0 Å². The molecule has 4 aliphatic carbocycles. The van der Waals surface area contributed by atoms with Gasteiger partial charge in [-0.1, -0.05) is 0 Å². The molecular formula is C16H28N2O. The molecule has 0 saturated heterocycles. The van der Waals surface area contributed by atoms with E-state index in [9.17, 15) is 4.79 Å². The van der Waals surface area contributed by atoms with Crippen LogP contribution in [0.2, 0.25) is 0 Å². The molecule has 1 unspecified atom stereocenters. The van der Waals surface area contributed by atoms with Gasteiger partial charge >= 0.3 is 0 Å². The molecule has 108 valence electrons. The Balaban J connectivity index is 1.74. The molecule has 0 radical (unpaired) electrons. The summed E-state index contributed by atoms with van der Waals surface area (Å²) in [5.41, 5.74) is 5.97. The molecule has 3 nitrogen and oxygen atoms in total. The van der Waals surface area contributed by atoms with Gasteiger partial charge in [-0.15, -0.1) is 0 Å². The molecule has 1 amide bonds. The second kappa shape index (κ2) is 5.08. The lowest BCUT2D eigenvalue weighted by Crippen LogP contribution is -2.53. The fourth-order valence-electron chi connectivity index (χ4n) is 5.45. The molecule has 1 atom stereocenters. The van der Waals surface area contributed by atoms with E-state index in [1.807, 2.05) is 13.8 Å². The second-order valence-electron chi connectivity index (χ2n) is 7.51. The fourth-order valence-corrected chi connectivity index (χ4v) is 5.45. The van der Waals surface area contributed by atoms with Gasteiger partial charge in [0, 0.05) is 12.6 Å². The van der Waals surface area contributed by atoms with Crippen LogP contribution >= 0.6 is 0 Å². The van der Waals surface area contributed by atoms with Crippen molar-refractivity contribution >= 4 is 5.91 Å². The van der Waals surface area contributed by atoms with E-state index in [0.29, 0.717) is 12.5 Å². The lowest BCUT2D eigenvalue weighted by Gasteiger charge is -2.56. The number of carbonyl (C=O) groups excluding carboxylic acids is 1. The summed E-state index contributed by atoms with van der Waals surface area (Å²) in [4.78, 5) is 12.4. The molecule has 4 saturated carbocycles. The molecule has 0 aliphatic heterocycles. The first-order chi connectivity index (χ1) is 9.08. The van der Waals surface area contributed by atoms with Crippen LogP contribution in [0, 0.1) is 35.5 Å². The highest BCUT2D eigenvalue weighted by atomic mass is 16.2. The van der Waals surface area contributed by atoms with Crippen LogP contribution in [0.25, 0.3) is 0 Å². The lowest BCUT2D eigenvalue weighted by atomic mass is 9.49. The van der Waals surface area contributed by atoms with E-state index < -0.39 is 0 Å². The van der Waals surface area contributed by atoms with Gasteiger partial charge in [0.2, 0.25) is 5.91 Å². The van der Waals surface area contributed by atoms with Crippen LogP contribution in [-0.4, -0.2) is 18.5 Å².